The molecule has 7 nitrogen and oxygen atoms in total. The monoisotopic (exact) mass is 352 g/mol. The average Bonchev–Trinajstić information content (AvgIpc) is 3.09. The molecule has 26 heavy (non-hydrogen) atoms. The summed E-state index contributed by atoms with van der Waals surface area (Å²) in [5, 5.41) is 18.8. The lowest BCUT2D eigenvalue weighted by Gasteiger charge is -2.31. The van der Waals surface area contributed by atoms with Crippen molar-refractivity contribution in [2.75, 3.05) is 29.9 Å². The Morgan fingerprint density at radius 2 is 2.15 bits per heavy atom. The zero-order valence-electron chi connectivity index (χ0n) is 14.8. The second-order valence-corrected chi connectivity index (χ2v) is 6.69. The lowest BCUT2D eigenvalue weighted by molar-refractivity contribution is 0.154. The van der Waals surface area contributed by atoms with Crippen molar-refractivity contribution in [3.8, 4) is 0 Å². The molecule has 2 aromatic heterocycles. The molecule has 0 spiro atoms. The van der Waals surface area contributed by atoms with Crippen LogP contribution in [0.25, 0.3) is 10.9 Å². The van der Waals surface area contributed by atoms with Crippen molar-refractivity contribution in [2.45, 2.75) is 31.9 Å². The van der Waals surface area contributed by atoms with Gasteiger partial charge >= 0.3 is 0 Å². The summed E-state index contributed by atoms with van der Waals surface area (Å²) in [6.07, 6.45) is 6.20. The molecule has 4 rings (SSSR count). The molecule has 1 unspecified atom stereocenters. The van der Waals surface area contributed by atoms with E-state index in [2.05, 4.69) is 37.4 Å². The lowest BCUT2D eigenvalue weighted by atomic mass is 10.1. The van der Waals surface area contributed by atoms with Gasteiger partial charge in [0.2, 0.25) is 5.95 Å². The van der Waals surface area contributed by atoms with Crippen molar-refractivity contribution < 1.29 is 5.11 Å². The summed E-state index contributed by atoms with van der Waals surface area (Å²) in [5.41, 5.74) is 1.16. The van der Waals surface area contributed by atoms with Crippen molar-refractivity contribution in [1.82, 2.24) is 19.7 Å². The first-order valence-corrected chi connectivity index (χ1v) is 9.20. The van der Waals surface area contributed by atoms with Crippen molar-refractivity contribution >= 4 is 22.7 Å². The number of aryl methyl sites for hydroxylation is 1. The predicted molar refractivity (Wildman–Crippen MR) is 102 cm³/mol. The smallest absolute Gasteiger partial charge is 0.224 e. The third kappa shape index (κ3) is 3.77. The largest absolute Gasteiger partial charge is 0.391 e. The van der Waals surface area contributed by atoms with Gasteiger partial charge in [-0.05, 0) is 31.4 Å². The summed E-state index contributed by atoms with van der Waals surface area (Å²) in [6.45, 7) is 3.20. The number of piperidine rings is 1. The Morgan fingerprint density at radius 1 is 1.23 bits per heavy atom. The Kier molecular flexibility index (Phi) is 4.97. The quantitative estimate of drug-likeness (QED) is 0.663. The molecule has 2 N–H and O–H groups in total. The van der Waals surface area contributed by atoms with Gasteiger partial charge in [0, 0.05) is 37.8 Å². The number of aliphatic hydroxyl groups excluding tert-OH is 1. The number of para-hydroxylation sites is 1. The van der Waals surface area contributed by atoms with Crippen LogP contribution in [0.3, 0.4) is 0 Å². The zero-order valence-corrected chi connectivity index (χ0v) is 14.8. The fourth-order valence-electron chi connectivity index (χ4n) is 3.41. The molecule has 0 amide bonds. The molecule has 1 fully saturated rings. The number of nitrogens with one attached hydrogen (secondary N) is 1. The van der Waals surface area contributed by atoms with E-state index in [9.17, 15) is 5.11 Å². The summed E-state index contributed by atoms with van der Waals surface area (Å²) in [7, 11) is 0. The highest BCUT2D eigenvalue weighted by Crippen LogP contribution is 2.18. The minimum Gasteiger partial charge on any atom is -0.391 e. The number of aliphatic hydroxyl groups is 1. The molecule has 3 heterocycles. The number of hydrogen-bond acceptors (Lipinski definition) is 6. The van der Waals surface area contributed by atoms with Crippen LogP contribution in [0.1, 0.15) is 19.3 Å². The molecule has 3 aromatic rings. The third-order valence-electron chi connectivity index (χ3n) is 4.74. The van der Waals surface area contributed by atoms with Crippen LogP contribution in [0.2, 0.25) is 0 Å². The van der Waals surface area contributed by atoms with Gasteiger partial charge in [-0.1, -0.05) is 18.2 Å². The Balaban J connectivity index is 1.31. The highest BCUT2D eigenvalue weighted by atomic mass is 16.3. The van der Waals surface area contributed by atoms with Crippen molar-refractivity contribution in [3.05, 3.63) is 42.7 Å². The molecule has 0 aliphatic carbocycles. The van der Waals surface area contributed by atoms with Gasteiger partial charge in [-0.15, -0.1) is 0 Å². The number of β-amino-alcohol motifs (C(OH)–C–C–N with tert-alkyl or cyclic N) is 1. The second kappa shape index (κ2) is 7.70. The van der Waals surface area contributed by atoms with E-state index in [1.807, 2.05) is 29.1 Å². The summed E-state index contributed by atoms with van der Waals surface area (Å²) in [4.78, 5) is 11.0. The topological polar surface area (TPSA) is 79.1 Å². The third-order valence-corrected chi connectivity index (χ3v) is 4.74. The number of aromatic nitrogens is 4. The van der Waals surface area contributed by atoms with E-state index in [-0.39, 0.29) is 6.10 Å². The minimum atomic E-state index is -0.265. The summed E-state index contributed by atoms with van der Waals surface area (Å²) in [6, 6.07) is 10.1. The maximum Gasteiger partial charge on any atom is 0.224 e. The minimum absolute atomic E-state index is 0.265. The van der Waals surface area contributed by atoms with Crippen LogP contribution in [0.4, 0.5) is 11.8 Å². The number of fused-ring (bicyclic) bond motifs is 1. The normalized spacial score (nSPS) is 17.6. The predicted octanol–water partition coefficient (Wildman–Crippen LogP) is 2.29. The average molecular weight is 352 g/mol. The molecule has 1 aromatic carbocycles. The summed E-state index contributed by atoms with van der Waals surface area (Å²) < 4.78 is 2.03. The number of nitrogens with zero attached hydrogens (tertiary/aromatic N) is 5. The molecule has 1 aliphatic heterocycles. The van der Waals surface area contributed by atoms with Gasteiger partial charge in [-0.3, -0.25) is 4.68 Å². The maximum absolute atomic E-state index is 9.84. The van der Waals surface area contributed by atoms with Gasteiger partial charge < -0.3 is 15.3 Å². The molecule has 1 atom stereocenters. The number of rotatable bonds is 6. The van der Waals surface area contributed by atoms with Crippen LogP contribution < -0.4 is 10.2 Å². The number of anilines is 2. The molecule has 0 bridgehead atoms. The van der Waals surface area contributed by atoms with Crippen LogP contribution >= 0.6 is 0 Å². The van der Waals surface area contributed by atoms with Gasteiger partial charge in [-0.2, -0.15) is 10.1 Å². The number of benzene rings is 1. The van der Waals surface area contributed by atoms with Crippen LogP contribution in [-0.2, 0) is 6.54 Å². The molecule has 7 heteroatoms. The van der Waals surface area contributed by atoms with E-state index in [0.717, 1.165) is 50.2 Å². The first-order valence-electron chi connectivity index (χ1n) is 9.20. The fourth-order valence-corrected chi connectivity index (χ4v) is 3.41. The molecular weight excluding hydrogens is 328 g/mol. The Hall–Kier alpha value is -2.67. The first-order chi connectivity index (χ1) is 12.8. The van der Waals surface area contributed by atoms with Crippen LogP contribution in [-0.4, -0.2) is 50.6 Å². The van der Waals surface area contributed by atoms with E-state index < -0.39 is 0 Å². The second-order valence-electron chi connectivity index (χ2n) is 6.69. The molecule has 1 saturated heterocycles. The van der Waals surface area contributed by atoms with Crippen molar-refractivity contribution in [1.29, 1.82) is 0 Å². The highest BCUT2D eigenvalue weighted by Gasteiger charge is 2.19. The fraction of sp³-hybridized carbons (Fsp3) is 0.421. The Morgan fingerprint density at radius 3 is 3.08 bits per heavy atom. The SMILES string of the molecule is OC1CCCN(c2ccnc(NCCCn3ncc4ccccc43)n2)C1. The van der Waals surface area contributed by atoms with Gasteiger partial charge in [0.05, 0.1) is 17.8 Å². The Bertz CT molecular complexity index is 864. The molecule has 0 radical (unpaired) electrons. The van der Waals surface area contributed by atoms with Gasteiger partial charge in [0.25, 0.3) is 0 Å². The standard InChI is InChI=1S/C19H24N6O/c26-16-6-3-11-24(14-16)18-8-10-21-19(23-18)20-9-4-12-25-17-7-2-1-5-15(17)13-22-25/h1-2,5,7-8,10,13,16,26H,3-4,6,9,11-12,14H2,(H,20,21,23). The summed E-state index contributed by atoms with van der Waals surface area (Å²) >= 11 is 0. The van der Waals surface area contributed by atoms with E-state index >= 15 is 0 Å². The lowest BCUT2D eigenvalue weighted by Crippen LogP contribution is -2.38. The zero-order chi connectivity index (χ0) is 17.8. The van der Waals surface area contributed by atoms with Gasteiger partial charge in [0.1, 0.15) is 5.82 Å². The summed E-state index contributed by atoms with van der Waals surface area (Å²) in [5.74, 6) is 1.51. The van der Waals surface area contributed by atoms with Crippen molar-refractivity contribution in [2.24, 2.45) is 0 Å². The molecular formula is C19H24N6O. The molecule has 136 valence electrons. The van der Waals surface area contributed by atoms with E-state index in [0.29, 0.717) is 12.5 Å². The van der Waals surface area contributed by atoms with Crippen LogP contribution in [0.5, 0.6) is 0 Å². The van der Waals surface area contributed by atoms with Gasteiger partial charge in [0.15, 0.2) is 0 Å². The van der Waals surface area contributed by atoms with Gasteiger partial charge in [-0.25, -0.2) is 4.98 Å². The number of hydrogen-bond donors (Lipinski definition) is 2. The first kappa shape index (κ1) is 16.8. The van der Waals surface area contributed by atoms with E-state index in [1.54, 1.807) is 6.20 Å². The molecule has 0 saturated carbocycles. The van der Waals surface area contributed by atoms with Crippen LogP contribution in [0, 0.1) is 0 Å². The Labute approximate surface area is 152 Å². The van der Waals surface area contributed by atoms with E-state index in [4.69, 9.17) is 0 Å². The highest BCUT2D eigenvalue weighted by molar-refractivity contribution is 5.78. The van der Waals surface area contributed by atoms with E-state index in [1.165, 1.54) is 5.39 Å². The van der Waals surface area contributed by atoms with Crippen LogP contribution in [0.15, 0.2) is 42.7 Å². The maximum atomic E-state index is 9.84. The van der Waals surface area contributed by atoms with Crippen molar-refractivity contribution in [3.63, 3.8) is 0 Å². The molecule has 1 aliphatic rings.